The third kappa shape index (κ3) is 14.6. The second-order valence-corrected chi connectivity index (χ2v) is 16.6. The summed E-state index contributed by atoms with van der Waals surface area (Å²) in [5.74, 6) is 3.72. The number of nitrogens with one attached hydrogen (secondary N) is 3. The summed E-state index contributed by atoms with van der Waals surface area (Å²) in [5, 5.41) is 39.8. The number of hydrogen-bond donors (Lipinski definition) is 5. The molecule has 16 nitrogen and oxygen atoms in total. The maximum atomic E-state index is 9.97. The molecule has 8 rings (SSSR count). The van der Waals surface area contributed by atoms with Crippen molar-refractivity contribution < 1.29 is 24.4 Å². The molecule has 4 aromatic heterocycles. The Morgan fingerprint density at radius 1 is 0.814 bits per heavy atom. The fourth-order valence-electron chi connectivity index (χ4n) is 7.45. The molecule has 0 saturated carbocycles. The Labute approximate surface area is 415 Å². The lowest BCUT2D eigenvalue weighted by Crippen LogP contribution is -2.29. The van der Waals surface area contributed by atoms with E-state index in [0.717, 1.165) is 74.8 Å². The number of aliphatic hydroxyl groups excluding tert-OH is 2. The molecule has 0 radical (unpaired) electrons. The van der Waals surface area contributed by atoms with Gasteiger partial charge < -0.3 is 45.3 Å². The van der Waals surface area contributed by atoms with Gasteiger partial charge in [0.15, 0.2) is 11.6 Å². The van der Waals surface area contributed by atoms with E-state index in [0.29, 0.717) is 60.8 Å². The van der Waals surface area contributed by atoms with Crippen molar-refractivity contribution in [2.45, 2.75) is 51.9 Å². The first-order valence-electron chi connectivity index (χ1n) is 23.4. The summed E-state index contributed by atoms with van der Waals surface area (Å²) in [5.41, 5.74) is 6.84. The normalized spacial score (nSPS) is 13.7. The van der Waals surface area contributed by atoms with Crippen molar-refractivity contribution in [2.75, 3.05) is 77.4 Å². The number of halogens is 1. The highest BCUT2D eigenvalue weighted by atomic mass is 35.5. The van der Waals surface area contributed by atoms with Gasteiger partial charge in [-0.2, -0.15) is 5.26 Å². The van der Waals surface area contributed by atoms with Gasteiger partial charge in [0, 0.05) is 96.2 Å². The van der Waals surface area contributed by atoms with Crippen LogP contribution in [-0.4, -0.2) is 126 Å². The summed E-state index contributed by atoms with van der Waals surface area (Å²) in [6.07, 6.45) is 5.35. The summed E-state index contributed by atoms with van der Waals surface area (Å²) in [7, 11) is 5.48. The third-order valence-corrected chi connectivity index (χ3v) is 11.2. The van der Waals surface area contributed by atoms with E-state index >= 15 is 0 Å². The molecule has 3 unspecified atom stereocenters. The van der Waals surface area contributed by atoms with E-state index in [1.54, 1.807) is 38.8 Å². The van der Waals surface area contributed by atoms with Gasteiger partial charge in [-0.15, -0.1) is 0 Å². The van der Waals surface area contributed by atoms with E-state index in [2.05, 4.69) is 32.0 Å². The Hall–Kier alpha value is -6.84. The van der Waals surface area contributed by atoms with Gasteiger partial charge in [-0.25, -0.2) is 19.9 Å². The Morgan fingerprint density at radius 2 is 1.53 bits per heavy atom. The highest BCUT2D eigenvalue weighted by molar-refractivity contribution is 6.31. The molecule has 3 atom stereocenters. The van der Waals surface area contributed by atoms with Crippen molar-refractivity contribution in [3.05, 3.63) is 120 Å². The molecule has 0 bridgehead atoms. The number of aromatic nitrogens is 6. The summed E-state index contributed by atoms with van der Waals surface area (Å²) in [4.78, 5) is 30.0. The Kier molecular flexibility index (Phi) is 20.1. The van der Waals surface area contributed by atoms with E-state index in [9.17, 15) is 10.2 Å². The number of pyridine rings is 2. The average Bonchev–Trinajstić information content (AvgIpc) is 3.91. The van der Waals surface area contributed by atoms with Gasteiger partial charge in [-0.3, -0.25) is 9.97 Å². The molecule has 5 heterocycles. The van der Waals surface area contributed by atoms with Gasteiger partial charge in [-0.1, -0.05) is 55.8 Å². The number of nitriles is 1. The van der Waals surface area contributed by atoms with Gasteiger partial charge in [0.1, 0.15) is 48.6 Å². The number of anilines is 2. The van der Waals surface area contributed by atoms with Crippen LogP contribution in [0.1, 0.15) is 32.3 Å². The maximum Gasteiger partial charge on any atom is 0.162 e. The Balaban J connectivity index is 0.000000222. The van der Waals surface area contributed by atoms with Crippen molar-refractivity contribution in [3.8, 4) is 62.9 Å². The van der Waals surface area contributed by atoms with Crippen molar-refractivity contribution in [3.63, 3.8) is 0 Å². The molecule has 7 aromatic rings. The largest absolute Gasteiger partial charge is 0.491 e. The van der Waals surface area contributed by atoms with Crippen LogP contribution >= 0.6 is 11.6 Å². The first kappa shape index (κ1) is 52.5. The topological polar surface area (TPSA) is 209 Å². The first-order valence-corrected chi connectivity index (χ1v) is 23.8. The standard InChI is InChI=1S/C27H28N6O2.C24H28ClN5O3.C2H6/c1-29-17-20(34)18-35-21-8-3-7-19(15-21)27-31-25(16-26(32-27)33(2)14-6-12-28)23-9-4-11-24-22(23)10-5-13-30-24;1-15-22(16-3-6-27-7-4-16)29-24(30-23(15)28-19-5-8-32-13-19)17-9-18(25)11-21(10-17)33-14-20(31)12-26-2;1-2/h3-5,7-11,13,15-16,20,29,34H,6,14,17-18H2,1-2H3;3-4,6-7,9-11,19-20,26,31H,5,8,12-14H2,1-2H3,(H,28,29,30);1-2H3. The van der Waals surface area contributed by atoms with Gasteiger partial charge >= 0.3 is 0 Å². The average molecular weight is 969 g/mol. The summed E-state index contributed by atoms with van der Waals surface area (Å²) in [6.45, 7) is 9.15. The quantitative estimate of drug-likeness (QED) is 0.0520. The van der Waals surface area contributed by atoms with Crippen LogP contribution in [0, 0.1) is 18.3 Å². The van der Waals surface area contributed by atoms with Crippen LogP contribution in [0.5, 0.6) is 11.5 Å². The predicted octanol–water partition coefficient (Wildman–Crippen LogP) is 8.02. The Morgan fingerprint density at radius 3 is 2.24 bits per heavy atom. The van der Waals surface area contributed by atoms with E-state index in [4.69, 9.17) is 51.0 Å². The van der Waals surface area contributed by atoms with Crippen LogP contribution in [0.2, 0.25) is 5.02 Å². The second kappa shape index (κ2) is 26.8. The molecular formula is C53H62ClN11O5. The molecule has 17 heteroatoms. The molecule has 0 spiro atoms. The zero-order valence-corrected chi connectivity index (χ0v) is 41.3. The molecule has 1 aliphatic rings. The van der Waals surface area contributed by atoms with Crippen molar-refractivity contribution >= 4 is 34.1 Å². The lowest BCUT2D eigenvalue weighted by atomic mass is 10.0. The van der Waals surface area contributed by atoms with Crippen LogP contribution in [0.4, 0.5) is 11.6 Å². The van der Waals surface area contributed by atoms with Gasteiger partial charge in [0.05, 0.1) is 42.0 Å². The molecular weight excluding hydrogens is 906 g/mol. The molecule has 5 N–H and O–H groups in total. The monoisotopic (exact) mass is 967 g/mol. The maximum absolute atomic E-state index is 9.97. The zero-order valence-electron chi connectivity index (χ0n) is 40.6. The minimum Gasteiger partial charge on any atom is -0.491 e. The molecule has 3 aromatic carbocycles. The number of fused-ring (bicyclic) bond motifs is 1. The van der Waals surface area contributed by atoms with Crippen molar-refractivity contribution in [1.29, 1.82) is 5.26 Å². The van der Waals surface area contributed by atoms with Gasteiger partial charge in [0.25, 0.3) is 0 Å². The highest BCUT2D eigenvalue weighted by Gasteiger charge is 2.21. The van der Waals surface area contributed by atoms with E-state index in [-0.39, 0.29) is 19.3 Å². The van der Waals surface area contributed by atoms with Crippen molar-refractivity contribution in [2.24, 2.45) is 0 Å². The van der Waals surface area contributed by atoms with Crippen LogP contribution in [0.25, 0.3) is 56.2 Å². The van der Waals surface area contributed by atoms with Gasteiger partial charge in [-0.05, 0) is 82.0 Å². The number of nitrogens with zero attached hydrogens (tertiary/aromatic N) is 8. The van der Waals surface area contributed by atoms with E-state index < -0.39 is 12.2 Å². The Bertz CT molecular complexity index is 2790. The lowest BCUT2D eigenvalue weighted by molar-refractivity contribution is 0.108. The fourth-order valence-corrected chi connectivity index (χ4v) is 7.67. The van der Waals surface area contributed by atoms with Gasteiger partial charge in [0.2, 0.25) is 0 Å². The fraction of sp³-hybridized carbons (Fsp3) is 0.340. The van der Waals surface area contributed by atoms with Crippen molar-refractivity contribution in [1.82, 2.24) is 40.5 Å². The molecule has 366 valence electrons. The molecule has 70 heavy (non-hydrogen) atoms. The van der Waals surface area contributed by atoms with Crippen LogP contribution in [0.3, 0.4) is 0 Å². The number of ether oxygens (including phenoxy) is 3. The number of hydrogen-bond acceptors (Lipinski definition) is 16. The lowest BCUT2D eigenvalue weighted by Gasteiger charge is -2.19. The number of likely N-dealkylation sites (N-methyl/N-ethyl adjacent to an activating group) is 2. The predicted molar refractivity (Wildman–Crippen MR) is 277 cm³/mol. The molecule has 0 aliphatic carbocycles. The summed E-state index contributed by atoms with van der Waals surface area (Å²) < 4.78 is 17.1. The van der Waals surface area contributed by atoms with E-state index in [1.165, 1.54) is 0 Å². The summed E-state index contributed by atoms with van der Waals surface area (Å²) in [6, 6.07) is 31.0. The molecule has 1 saturated heterocycles. The zero-order chi connectivity index (χ0) is 49.8. The van der Waals surface area contributed by atoms with Crippen LogP contribution in [-0.2, 0) is 4.74 Å². The second-order valence-electron chi connectivity index (χ2n) is 16.2. The number of benzene rings is 3. The smallest absolute Gasteiger partial charge is 0.162 e. The number of rotatable bonds is 19. The van der Waals surface area contributed by atoms with E-state index in [1.807, 2.05) is 118 Å². The first-order chi connectivity index (χ1) is 34.1. The minimum absolute atomic E-state index is 0.145. The summed E-state index contributed by atoms with van der Waals surface area (Å²) >= 11 is 6.39. The third-order valence-electron chi connectivity index (χ3n) is 10.9. The molecule has 1 aliphatic heterocycles. The highest BCUT2D eigenvalue weighted by Crippen LogP contribution is 2.34. The minimum atomic E-state index is -0.629. The SMILES string of the molecule is CC.CNCC(O)COc1cc(Cl)cc(-c2nc(NC3CCOC3)c(C)c(-c3ccncc3)n2)c1.CNCC(O)COc1cccc(-c2nc(-c3cccc4ncccc34)cc(N(C)CCC#N)n2)c1. The number of aliphatic hydroxyl groups is 2. The molecule has 0 amide bonds. The molecule has 1 fully saturated rings. The van der Waals surface area contributed by atoms with Crippen LogP contribution in [0.15, 0.2) is 110 Å². The van der Waals surface area contributed by atoms with Crippen LogP contribution < -0.4 is 30.3 Å².